The minimum absolute atomic E-state index is 0.209. The Hall–Kier alpha value is -3.12. The normalized spacial score (nSPS) is 12.2. The van der Waals surface area contributed by atoms with Gasteiger partial charge in [0, 0.05) is 11.8 Å². The molecule has 30 heavy (non-hydrogen) atoms. The summed E-state index contributed by atoms with van der Waals surface area (Å²) in [5, 5.41) is 3.01. The fourth-order valence-electron chi connectivity index (χ4n) is 3.08. The third-order valence-electron chi connectivity index (χ3n) is 4.77. The molecule has 0 saturated carbocycles. The van der Waals surface area contributed by atoms with E-state index in [4.69, 9.17) is 4.74 Å². The van der Waals surface area contributed by atoms with E-state index < -0.39 is 9.84 Å². The monoisotopic (exact) mass is 423 g/mol. The van der Waals surface area contributed by atoms with Gasteiger partial charge >= 0.3 is 0 Å². The van der Waals surface area contributed by atoms with Gasteiger partial charge in [-0.1, -0.05) is 55.5 Å². The lowest BCUT2D eigenvalue weighted by Gasteiger charge is -2.18. The number of hydrogen-bond acceptors (Lipinski definition) is 4. The van der Waals surface area contributed by atoms with E-state index in [0.29, 0.717) is 24.3 Å². The van der Waals surface area contributed by atoms with Crippen molar-refractivity contribution in [1.29, 1.82) is 0 Å². The van der Waals surface area contributed by atoms with E-state index >= 15 is 0 Å². The Kier molecular flexibility index (Phi) is 6.90. The molecule has 0 heterocycles. The van der Waals surface area contributed by atoms with Gasteiger partial charge in [0.25, 0.3) is 5.91 Å². The van der Waals surface area contributed by atoms with Crippen molar-refractivity contribution in [3.8, 4) is 5.75 Å². The van der Waals surface area contributed by atoms with Gasteiger partial charge in [0.05, 0.1) is 10.9 Å². The van der Waals surface area contributed by atoms with Crippen LogP contribution in [0.15, 0.2) is 83.8 Å². The van der Waals surface area contributed by atoms with Crippen LogP contribution in [0.5, 0.6) is 5.75 Å². The lowest BCUT2D eigenvalue weighted by atomic mass is 10.0. The number of nitrogens with one attached hydrogen (secondary N) is 1. The van der Waals surface area contributed by atoms with Crippen molar-refractivity contribution >= 4 is 15.7 Å². The maximum absolute atomic E-state index is 12.8. The summed E-state index contributed by atoms with van der Waals surface area (Å²) in [5.74, 6) is 0.413. The van der Waals surface area contributed by atoms with E-state index in [2.05, 4.69) is 5.32 Å². The predicted octanol–water partition coefficient (Wildman–Crippen LogP) is 4.55. The molecule has 1 amide bonds. The Morgan fingerprint density at radius 1 is 0.967 bits per heavy atom. The second kappa shape index (κ2) is 9.59. The number of hydrogen-bond donors (Lipinski definition) is 1. The van der Waals surface area contributed by atoms with Crippen LogP contribution in [0.3, 0.4) is 0 Å². The zero-order valence-electron chi connectivity index (χ0n) is 17.0. The molecule has 156 valence electrons. The molecule has 0 aliphatic heterocycles. The van der Waals surface area contributed by atoms with Crippen molar-refractivity contribution in [2.45, 2.75) is 30.9 Å². The van der Waals surface area contributed by atoms with Gasteiger partial charge in [-0.3, -0.25) is 4.79 Å². The minimum Gasteiger partial charge on any atom is -0.489 e. The van der Waals surface area contributed by atoms with Crippen LogP contribution in [0, 0.1) is 0 Å². The number of amides is 1. The largest absolute Gasteiger partial charge is 0.489 e. The highest BCUT2D eigenvalue weighted by molar-refractivity contribution is 7.90. The van der Waals surface area contributed by atoms with Crippen LogP contribution >= 0.6 is 0 Å². The lowest BCUT2D eigenvalue weighted by Crippen LogP contribution is -2.28. The molecule has 3 aromatic rings. The summed E-state index contributed by atoms with van der Waals surface area (Å²) < 4.78 is 29.1. The lowest BCUT2D eigenvalue weighted by molar-refractivity contribution is 0.0935. The van der Waals surface area contributed by atoms with Gasteiger partial charge in [-0.2, -0.15) is 0 Å². The quantitative estimate of drug-likeness (QED) is 0.577. The third-order valence-corrected chi connectivity index (χ3v) is 5.90. The van der Waals surface area contributed by atoms with Crippen molar-refractivity contribution < 1.29 is 17.9 Å². The summed E-state index contributed by atoms with van der Waals surface area (Å²) in [4.78, 5) is 13.0. The predicted molar refractivity (Wildman–Crippen MR) is 117 cm³/mol. The molecule has 0 saturated heterocycles. The van der Waals surface area contributed by atoms with Gasteiger partial charge in [-0.05, 0) is 47.9 Å². The first-order valence-electron chi connectivity index (χ1n) is 9.74. The van der Waals surface area contributed by atoms with Crippen molar-refractivity contribution in [2.75, 3.05) is 6.26 Å². The molecule has 1 unspecified atom stereocenters. The molecule has 6 heteroatoms. The Morgan fingerprint density at radius 3 is 2.30 bits per heavy atom. The molecule has 0 fully saturated rings. The fourth-order valence-corrected chi connectivity index (χ4v) is 3.71. The van der Waals surface area contributed by atoms with Gasteiger partial charge in [-0.15, -0.1) is 0 Å². The van der Waals surface area contributed by atoms with Crippen LogP contribution in [-0.2, 0) is 16.4 Å². The number of sulfone groups is 1. The molecule has 0 aliphatic rings. The maximum atomic E-state index is 12.8. The highest BCUT2D eigenvalue weighted by Gasteiger charge is 2.16. The average Bonchev–Trinajstić information content (AvgIpc) is 2.76. The molecule has 3 rings (SSSR count). The number of benzene rings is 3. The number of ether oxygens (including phenoxy) is 1. The molecular formula is C24H25NO4S. The second-order valence-electron chi connectivity index (χ2n) is 7.08. The molecule has 5 nitrogen and oxygen atoms in total. The van der Waals surface area contributed by atoms with Crippen LogP contribution < -0.4 is 10.1 Å². The second-order valence-corrected chi connectivity index (χ2v) is 9.09. The molecule has 0 aromatic heterocycles. The first-order valence-corrected chi connectivity index (χ1v) is 11.6. The summed E-state index contributed by atoms with van der Waals surface area (Å²) in [7, 11) is -3.25. The van der Waals surface area contributed by atoms with Crippen molar-refractivity contribution in [2.24, 2.45) is 0 Å². The van der Waals surface area contributed by atoms with E-state index in [1.165, 1.54) is 6.26 Å². The van der Waals surface area contributed by atoms with Gasteiger partial charge in [-0.25, -0.2) is 8.42 Å². The maximum Gasteiger partial charge on any atom is 0.251 e. The molecule has 0 spiro atoms. The van der Waals surface area contributed by atoms with Crippen LogP contribution in [0.1, 0.15) is 40.9 Å². The summed E-state index contributed by atoms with van der Waals surface area (Å²) in [6.07, 6.45) is 1.85. The van der Waals surface area contributed by atoms with Crippen molar-refractivity contribution in [3.63, 3.8) is 0 Å². The number of carbonyl (C=O) groups is 1. The van der Waals surface area contributed by atoms with E-state index in [9.17, 15) is 13.2 Å². The average molecular weight is 424 g/mol. The summed E-state index contributed by atoms with van der Waals surface area (Å²) >= 11 is 0. The SMILES string of the molecule is CCC(NC(=O)c1cccc(OCc2ccccc2)c1)c1ccc(S(C)(=O)=O)cc1. The molecule has 0 bridgehead atoms. The first kappa shape index (κ1) is 21.6. The highest BCUT2D eigenvalue weighted by atomic mass is 32.2. The van der Waals surface area contributed by atoms with E-state index in [0.717, 1.165) is 11.1 Å². The van der Waals surface area contributed by atoms with E-state index in [-0.39, 0.29) is 16.8 Å². The Balaban J connectivity index is 1.68. The first-order chi connectivity index (χ1) is 14.4. The number of rotatable bonds is 8. The Morgan fingerprint density at radius 2 is 1.67 bits per heavy atom. The topological polar surface area (TPSA) is 72.5 Å². The summed E-state index contributed by atoms with van der Waals surface area (Å²) in [6, 6.07) is 23.3. The molecule has 1 atom stereocenters. The zero-order chi connectivity index (χ0) is 21.6. The minimum atomic E-state index is -3.25. The number of carbonyl (C=O) groups excluding carboxylic acids is 1. The van der Waals surface area contributed by atoms with Crippen LogP contribution in [0.4, 0.5) is 0 Å². The highest BCUT2D eigenvalue weighted by Crippen LogP contribution is 2.21. The van der Waals surface area contributed by atoms with Crippen LogP contribution in [0.25, 0.3) is 0 Å². The molecule has 0 aliphatic carbocycles. The third kappa shape index (κ3) is 5.70. The van der Waals surface area contributed by atoms with Crippen LogP contribution in [-0.4, -0.2) is 20.6 Å². The van der Waals surface area contributed by atoms with Gasteiger partial charge in [0.2, 0.25) is 0 Å². The van der Waals surface area contributed by atoms with Gasteiger partial charge in [0.1, 0.15) is 12.4 Å². The van der Waals surface area contributed by atoms with E-state index in [1.54, 1.807) is 42.5 Å². The Labute approximate surface area is 177 Å². The smallest absolute Gasteiger partial charge is 0.251 e. The van der Waals surface area contributed by atoms with Crippen molar-refractivity contribution in [1.82, 2.24) is 5.32 Å². The van der Waals surface area contributed by atoms with E-state index in [1.807, 2.05) is 43.3 Å². The fraction of sp³-hybridized carbons (Fsp3) is 0.208. The van der Waals surface area contributed by atoms with Gasteiger partial charge < -0.3 is 10.1 Å². The van der Waals surface area contributed by atoms with Gasteiger partial charge in [0.15, 0.2) is 9.84 Å². The Bertz CT molecular complexity index is 1090. The summed E-state index contributed by atoms with van der Waals surface area (Å²) in [6.45, 7) is 2.39. The molecular weight excluding hydrogens is 398 g/mol. The van der Waals surface area contributed by atoms with Crippen LogP contribution in [0.2, 0.25) is 0 Å². The summed E-state index contributed by atoms with van der Waals surface area (Å²) in [5.41, 5.74) is 2.41. The zero-order valence-corrected chi connectivity index (χ0v) is 17.9. The molecule has 3 aromatic carbocycles. The molecule has 0 radical (unpaired) electrons. The standard InChI is InChI=1S/C24H25NO4S/c1-3-23(19-12-14-22(15-13-19)30(2,27)28)25-24(26)20-10-7-11-21(16-20)29-17-18-8-5-4-6-9-18/h4-16,23H,3,17H2,1-2H3,(H,25,26). The molecule has 1 N–H and O–H groups in total. The van der Waals surface area contributed by atoms with Crippen molar-refractivity contribution in [3.05, 3.63) is 95.6 Å².